The van der Waals surface area contributed by atoms with E-state index in [1.54, 1.807) is 7.11 Å². The van der Waals surface area contributed by atoms with Crippen LogP contribution in [0.3, 0.4) is 0 Å². The number of carbonyl (C=O) groups excluding carboxylic acids is 1. The van der Waals surface area contributed by atoms with E-state index in [1.165, 1.54) is 31.0 Å². The smallest absolute Gasteiger partial charge is 0.230 e. The van der Waals surface area contributed by atoms with Crippen LogP contribution in [0.5, 0.6) is 5.75 Å². The molecule has 1 N–H and O–H groups in total. The summed E-state index contributed by atoms with van der Waals surface area (Å²) in [6.07, 6.45) is 8.38. The third kappa shape index (κ3) is 5.61. The van der Waals surface area contributed by atoms with Gasteiger partial charge in [-0.1, -0.05) is 49.2 Å². The number of thioether (sulfide) groups is 1. The van der Waals surface area contributed by atoms with Gasteiger partial charge in [-0.15, -0.1) is 16.8 Å². The van der Waals surface area contributed by atoms with Gasteiger partial charge in [-0.2, -0.15) is 0 Å². The van der Waals surface area contributed by atoms with E-state index in [4.69, 9.17) is 4.74 Å². The molecule has 1 aliphatic carbocycles. The van der Waals surface area contributed by atoms with Crippen LogP contribution in [-0.2, 0) is 17.8 Å². The Kier molecular flexibility index (Phi) is 7.54. The first-order valence-electron chi connectivity index (χ1n) is 9.77. The van der Waals surface area contributed by atoms with E-state index in [0.29, 0.717) is 24.8 Å². The molecule has 1 saturated carbocycles. The lowest BCUT2D eigenvalue weighted by molar-refractivity contribution is -0.119. The maximum absolute atomic E-state index is 12.3. The Morgan fingerprint density at radius 1 is 1.29 bits per heavy atom. The van der Waals surface area contributed by atoms with Gasteiger partial charge in [0.2, 0.25) is 5.91 Å². The molecule has 7 heteroatoms. The van der Waals surface area contributed by atoms with Crippen LogP contribution in [-0.4, -0.2) is 39.6 Å². The van der Waals surface area contributed by atoms with Gasteiger partial charge in [0.25, 0.3) is 0 Å². The van der Waals surface area contributed by atoms with Crippen molar-refractivity contribution in [1.82, 2.24) is 20.1 Å². The van der Waals surface area contributed by atoms with E-state index in [2.05, 4.69) is 22.1 Å². The summed E-state index contributed by atoms with van der Waals surface area (Å²) in [6.45, 7) is 4.45. The summed E-state index contributed by atoms with van der Waals surface area (Å²) in [6, 6.07) is 8.26. The zero-order valence-corrected chi connectivity index (χ0v) is 17.2. The van der Waals surface area contributed by atoms with E-state index in [-0.39, 0.29) is 5.91 Å². The highest BCUT2D eigenvalue weighted by Gasteiger charge is 2.18. The maximum atomic E-state index is 12.3. The molecule has 0 saturated heterocycles. The maximum Gasteiger partial charge on any atom is 0.230 e. The van der Waals surface area contributed by atoms with E-state index in [1.807, 2.05) is 34.9 Å². The van der Waals surface area contributed by atoms with E-state index in [0.717, 1.165) is 35.1 Å². The fraction of sp³-hybridized carbons (Fsp3) is 0.476. The van der Waals surface area contributed by atoms with Gasteiger partial charge in [-0.05, 0) is 30.5 Å². The molecule has 0 aliphatic heterocycles. The van der Waals surface area contributed by atoms with Crippen LogP contribution in [0, 0.1) is 0 Å². The first-order chi connectivity index (χ1) is 13.7. The van der Waals surface area contributed by atoms with Crippen molar-refractivity contribution in [3.05, 3.63) is 48.3 Å². The quantitative estimate of drug-likeness (QED) is 0.514. The Hall–Kier alpha value is -2.28. The number of allylic oxidation sites excluding steroid dienone is 1. The monoisotopic (exact) mass is 400 g/mol. The van der Waals surface area contributed by atoms with E-state index < -0.39 is 0 Å². The van der Waals surface area contributed by atoms with Crippen molar-refractivity contribution in [3.63, 3.8) is 0 Å². The summed E-state index contributed by atoms with van der Waals surface area (Å²) in [7, 11) is 1.66. The molecule has 0 spiro atoms. The Balaban J connectivity index is 1.60. The minimum absolute atomic E-state index is 0.0711. The molecule has 0 bridgehead atoms. The second-order valence-corrected chi connectivity index (χ2v) is 7.96. The van der Waals surface area contributed by atoms with Crippen LogP contribution in [0.15, 0.2) is 42.1 Å². The minimum atomic E-state index is 0.0711. The SMILES string of the molecule is C=CCn1c(Cc2ccc(OC)cc2)nnc1SCC(=O)NC1CCCCC1. The zero-order valence-electron chi connectivity index (χ0n) is 16.4. The molecule has 1 aromatic carbocycles. The summed E-state index contributed by atoms with van der Waals surface area (Å²) >= 11 is 1.43. The van der Waals surface area contributed by atoms with Gasteiger partial charge in [-0.25, -0.2) is 0 Å². The second kappa shape index (κ2) is 10.3. The standard InChI is InChI=1S/C21H28N4O2S/c1-3-13-25-19(14-16-9-11-18(27-2)12-10-16)23-24-21(25)28-15-20(26)22-17-7-5-4-6-8-17/h3,9-12,17H,1,4-8,13-15H2,2H3,(H,22,26). The van der Waals surface area contributed by atoms with Crippen molar-refractivity contribution in [2.24, 2.45) is 0 Å². The molecule has 1 aromatic heterocycles. The highest BCUT2D eigenvalue weighted by molar-refractivity contribution is 7.99. The van der Waals surface area contributed by atoms with Gasteiger partial charge in [0.05, 0.1) is 12.9 Å². The number of methoxy groups -OCH3 is 1. The zero-order chi connectivity index (χ0) is 19.8. The first kappa shape index (κ1) is 20.5. The third-order valence-corrected chi connectivity index (χ3v) is 5.90. The molecule has 6 nitrogen and oxygen atoms in total. The molecule has 1 aliphatic rings. The summed E-state index contributed by atoms with van der Waals surface area (Å²) < 4.78 is 7.23. The molecule has 1 amide bonds. The van der Waals surface area contributed by atoms with Crippen molar-refractivity contribution in [2.45, 2.75) is 56.3 Å². The number of nitrogens with one attached hydrogen (secondary N) is 1. The van der Waals surface area contributed by atoms with Gasteiger partial charge in [0, 0.05) is 19.0 Å². The molecular formula is C21H28N4O2S. The number of carbonyl (C=O) groups is 1. The highest BCUT2D eigenvalue weighted by atomic mass is 32.2. The number of benzene rings is 1. The lowest BCUT2D eigenvalue weighted by Crippen LogP contribution is -2.37. The molecular weight excluding hydrogens is 372 g/mol. The molecule has 3 rings (SSSR count). The van der Waals surface area contributed by atoms with Crippen LogP contribution in [0.4, 0.5) is 0 Å². The fourth-order valence-corrected chi connectivity index (χ4v) is 4.22. The lowest BCUT2D eigenvalue weighted by Gasteiger charge is -2.22. The van der Waals surface area contributed by atoms with Crippen molar-refractivity contribution in [1.29, 1.82) is 0 Å². The number of aromatic nitrogens is 3. The number of amides is 1. The normalized spacial score (nSPS) is 14.6. The predicted octanol–water partition coefficient (Wildman–Crippen LogP) is 3.60. The number of nitrogens with zero attached hydrogens (tertiary/aromatic N) is 3. The highest BCUT2D eigenvalue weighted by Crippen LogP contribution is 2.21. The number of rotatable bonds is 9. The number of ether oxygens (including phenoxy) is 1. The van der Waals surface area contributed by atoms with Crippen molar-refractivity contribution in [3.8, 4) is 5.75 Å². The van der Waals surface area contributed by atoms with Gasteiger partial charge < -0.3 is 14.6 Å². The molecule has 0 radical (unpaired) electrons. The number of hydrogen-bond acceptors (Lipinski definition) is 5. The van der Waals surface area contributed by atoms with Crippen molar-refractivity contribution < 1.29 is 9.53 Å². The molecule has 150 valence electrons. The second-order valence-electron chi connectivity index (χ2n) is 7.01. The summed E-state index contributed by atoms with van der Waals surface area (Å²) in [4.78, 5) is 12.3. The minimum Gasteiger partial charge on any atom is -0.497 e. The van der Waals surface area contributed by atoms with Crippen LogP contribution < -0.4 is 10.1 Å². The lowest BCUT2D eigenvalue weighted by atomic mass is 9.95. The van der Waals surface area contributed by atoms with Gasteiger partial charge in [0.15, 0.2) is 5.16 Å². The van der Waals surface area contributed by atoms with Crippen LogP contribution >= 0.6 is 11.8 Å². The molecule has 2 aromatic rings. The average Bonchev–Trinajstić information content (AvgIpc) is 3.09. The largest absolute Gasteiger partial charge is 0.497 e. The Bertz CT molecular complexity index is 782. The van der Waals surface area contributed by atoms with Crippen LogP contribution in [0.1, 0.15) is 43.5 Å². The topological polar surface area (TPSA) is 69.0 Å². The van der Waals surface area contributed by atoms with Gasteiger partial charge in [0.1, 0.15) is 11.6 Å². The Morgan fingerprint density at radius 2 is 2.04 bits per heavy atom. The summed E-state index contributed by atoms with van der Waals surface area (Å²) in [5, 5.41) is 12.6. The molecule has 28 heavy (non-hydrogen) atoms. The van der Waals surface area contributed by atoms with Crippen molar-refractivity contribution >= 4 is 17.7 Å². The fourth-order valence-electron chi connectivity index (χ4n) is 3.44. The first-order valence-corrected chi connectivity index (χ1v) is 10.8. The van der Waals surface area contributed by atoms with Gasteiger partial charge in [-0.3, -0.25) is 4.79 Å². The summed E-state index contributed by atoms with van der Waals surface area (Å²) in [5.41, 5.74) is 1.13. The third-order valence-electron chi connectivity index (χ3n) is 4.93. The molecule has 0 unspecified atom stereocenters. The molecule has 0 atom stereocenters. The predicted molar refractivity (Wildman–Crippen MR) is 112 cm³/mol. The molecule has 1 heterocycles. The Morgan fingerprint density at radius 3 is 2.71 bits per heavy atom. The van der Waals surface area contributed by atoms with Crippen LogP contribution in [0.2, 0.25) is 0 Å². The Labute approximate surface area is 170 Å². The van der Waals surface area contributed by atoms with E-state index >= 15 is 0 Å². The van der Waals surface area contributed by atoms with Crippen LogP contribution in [0.25, 0.3) is 0 Å². The summed E-state index contributed by atoms with van der Waals surface area (Å²) in [5.74, 6) is 2.12. The average molecular weight is 401 g/mol. The molecule has 1 fully saturated rings. The van der Waals surface area contributed by atoms with E-state index in [9.17, 15) is 4.79 Å². The van der Waals surface area contributed by atoms with Crippen molar-refractivity contribution in [2.75, 3.05) is 12.9 Å². The number of hydrogen-bond donors (Lipinski definition) is 1. The van der Waals surface area contributed by atoms with Gasteiger partial charge >= 0.3 is 0 Å².